The summed E-state index contributed by atoms with van der Waals surface area (Å²) in [5.74, 6) is 0.683. The second-order valence-electron chi connectivity index (χ2n) is 3.86. The molecule has 1 unspecified atom stereocenters. The molecule has 0 aromatic heterocycles. The molecule has 3 nitrogen and oxygen atoms in total. The molecule has 0 aliphatic carbocycles. The van der Waals surface area contributed by atoms with Crippen molar-refractivity contribution in [3.8, 4) is 5.75 Å². The highest BCUT2D eigenvalue weighted by Crippen LogP contribution is 2.24. The van der Waals surface area contributed by atoms with Gasteiger partial charge in [-0.2, -0.15) is 0 Å². The maximum atomic E-state index is 9.16. The van der Waals surface area contributed by atoms with E-state index in [0.717, 1.165) is 19.4 Å². The molecule has 0 radical (unpaired) electrons. The lowest BCUT2D eigenvalue weighted by molar-refractivity contribution is 0.0671. The zero-order chi connectivity index (χ0) is 11.4. The van der Waals surface area contributed by atoms with E-state index in [2.05, 4.69) is 0 Å². The normalized spacial score (nSPS) is 20.0. The maximum Gasteiger partial charge on any atom is 0.125 e. The highest BCUT2D eigenvalue weighted by molar-refractivity contribution is 6.30. The first-order valence-corrected chi connectivity index (χ1v) is 5.81. The zero-order valence-corrected chi connectivity index (χ0v) is 9.74. The van der Waals surface area contributed by atoms with E-state index in [0.29, 0.717) is 22.9 Å². The van der Waals surface area contributed by atoms with Gasteiger partial charge in [-0.15, -0.1) is 0 Å². The molecular weight excluding hydrogens is 228 g/mol. The molecule has 0 saturated carbocycles. The highest BCUT2D eigenvalue weighted by Gasteiger charge is 2.16. The van der Waals surface area contributed by atoms with Crippen LogP contribution in [0.3, 0.4) is 0 Å². The van der Waals surface area contributed by atoms with Gasteiger partial charge in [0, 0.05) is 17.2 Å². The van der Waals surface area contributed by atoms with E-state index >= 15 is 0 Å². The van der Waals surface area contributed by atoms with Crippen LogP contribution in [-0.2, 0) is 11.3 Å². The zero-order valence-electron chi connectivity index (χ0n) is 8.99. The van der Waals surface area contributed by atoms with Crippen molar-refractivity contribution < 1.29 is 14.6 Å². The predicted molar refractivity (Wildman–Crippen MR) is 61.8 cm³/mol. The van der Waals surface area contributed by atoms with Gasteiger partial charge >= 0.3 is 0 Å². The molecule has 2 rings (SSSR count). The smallest absolute Gasteiger partial charge is 0.125 e. The molecule has 1 aliphatic heterocycles. The Kier molecular flexibility index (Phi) is 4.04. The Morgan fingerprint density at radius 1 is 1.50 bits per heavy atom. The van der Waals surface area contributed by atoms with Crippen LogP contribution in [0, 0.1) is 0 Å². The molecule has 1 atom stereocenters. The van der Waals surface area contributed by atoms with E-state index in [1.807, 2.05) is 0 Å². The summed E-state index contributed by atoms with van der Waals surface area (Å²) >= 11 is 5.83. The highest BCUT2D eigenvalue weighted by atomic mass is 35.5. The standard InChI is InChI=1S/C12H15ClO3/c13-10-3-4-12(9(6-10)7-14)16-8-11-2-1-5-15-11/h3-4,6,11,14H,1-2,5,7-8H2. The maximum absolute atomic E-state index is 9.16. The Balaban J connectivity index is 1.97. The van der Waals surface area contributed by atoms with Crippen LogP contribution in [0.25, 0.3) is 0 Å². The SMILES string of the molecule is OCc1cc(Cl)ccc1OCC1CCCO1. The summed E-state index contributed by atoms with van der Waals surface area (Å²) in [6, 6.07) is 5.25. The first-order chi connectivity index (χ1) is 7.79. The van der Waals surface area contributed by atoms with Gasteiger partial charge in [0.1, 0.15) is 12.4 Å². The summed E-state index contributed by atoms with van der Waals surface area (Å²) in [7, 11) is 0. The molecular formula is C12H15ClO3. The Hall–Kier alpha value is -0.770. The molecule has 88 valence electrons. The van der Waals surface area contributed by atoms with Crippen molar-refractivity contribution >= 4 is 11.6 Å². The molecule has 1 fully saturated rings. The average Bonchev–Trinajstić information content (AvgIpc) is 2.80. The van der Waals surface area contributed by atoms with Gasteiger partial charge < -0.3 is 14.6 Å². The lowest BCUT2D eigenvalue weighted by atomic mass is 10.2. The largest absolute Gasteiger partial charge is 0.491 e. The third-order valence-electron chi connectivity index (χ3n) is 2.64. The van der Waals surface area contributed by atoms with Gasteiger partial charge in [0.2, 0.25) is 0 Å². The lowest BCUT2D eigenvalue weighted by Gasteiger charge is -2.13. The van der Waals surface area contributed by atoms with Gasteiger partial charge in [-0.05, 0) is 31.0 Å². The van der Waals surface area contributed by atoms with Gasteiger partial charge in [0.25, 0.3) is 0 Å². The summed E-state index contributed by atoms with van der Waals surface area (Å²) in [6.45, 7) is 1.29. The summed E-state index contributed by atoms with van der Waals surface area (Å²) in [4.78, 5) is 0. The summed E-state index contributed by atoms with van der Waals surface area (Å²) in [6.07, 6.45) is 2.33. The summed E-state index contributed by atoms with van der Waals surface area (Å²) in [5.41, 5.74) is 0.713. The van der Waals surface area contributed by atoms with E-state index < -0.39 is 0 Å². The van der Waals surface area contributed by atoms with E-state index in [1.54, 1.807) is 18.2 Å². The van der Waals surface area contributed by atoms with Crippen LogP contribution in [0.15, 0.2) is 18.2 Å². The number of ether oxygens (including phenoxy) is 2. The first kappa shape index (κ1) is 11.7. The molecule has 0 amide bonds. The van der Waals surface area contributed by atoms with Crippen LogP contribution in [0.4, 0.5) is 0 Å². The van der Waals surface area contributed by atoms with Crippen LogP contribution >= 0.6 is 11.6 Å². The van der Waals surface area contributed by atoms with Crippen LogP contribution in [0.1, 0.15) is 18.4 Å². The Bertz CT molecular complexity index is 348. The quantitative estimate of drug-likeness (QED) is 0.881. The fourth-order valence-electron chi connectivity index (χ4n) is 1.77. The topological polar surface area (TPSA) is 38.7 Å². The number of halogens is 1. The average molecular weight is 243 g/mol. The Morgan fingerprint density at radius 3 is 3.06 bits per heavy atom. The third-order valence-corrected chi connectivity index (χ3v) is 2.88. The van der Waals surface area contributed by atoms with Crippen LogP contribution in [0.5, 0.6) is 5.75 Å². The fourth-order valence-corrected chi connectivity index (χ4v) is 1.97. The fraction of sp³-hybridized carbons (Fsp3) is 0.500. The second-order valence-corrected chi connectivity index (χ2v) is 4.29. The van der Waals surface area contributed by atoms with Gasteiger partial charge in [0.15, 0.2) is 0 Å². The van der Waals surface area contributed by atoms with Gasteiger partial charge in [-0.1, -0.05) is 11.6 Å². The number of rotatable bonds is 4. The van der Waals surface area contributed by atoms with E-state index in [1.165, 1.54) is 0 Å². The second kappa shape index (κ2) is 5.53. The van der Waals surface area contributed by atoms with Crippen molar-refractivity contribution in [1.29, 1.82) is 0 Å². The van der Waals surface area contributed by atoms with Crippen molar-refractivity contribution in [2.24, 2.45) is 0 Å². The molecule has 1 aliphatic rings. The van der Waals surface area contributed by atoms with Crippen molar-refractivity contribution in [2.75, 3.05) is 13.2 Å². The molecule has 1 saturated heterocycles. The van der Waals surface area contributed by atoms with Crippen molar-refractivity contribution in [3.63, 3.8) is 0 Å². The molecule has 1 aromatic carbocycles. The van der Waals surface area contributed by atoms with Gasteiger partial charge in [-0.3, -0.25) is 0 Å². The Labute approximate surface area is 99.9 Å². The molecule has 0 bridgehead atoms. The van der Waals surface area contributed by atoms with Crippen LogP contribution in [0.2, 0.25) is 5.02 Å². The minimum atomic E-state index is -0.0680. The molecule has 0 spiro atoms. The summed E-state index contributed by atoms with van der Waals surface area (Å²) in [5, 5.41) is 9.77. The molecule has 1 N–H and O–H groups in total. The lowest BCUT2D eigenvalue weighted by Crippen LogP contribution is -2.16. The number of hydrogen-bond acceptors (Lipinski definition) is 3. The van der Waals surface area contributed by atoms with Crippen molar-refractivity contribution in [3.05, 3.63) is 28.8 Å². The Morgan fingerprint density at radius 2 is 2.38 bits per heavy atom. The van der Waals surface area contributed by atoms with Crippen LogP contribution in [-0.4, -0.2) is 24.4 Å². The van der Waals surface area contributed by atoms with Crippen molar-refractivity contribution in [1.82, 2.24) is 0 Å². The van der Waals surface area contributed by atoms with E-state index in [-0.39, 0.29) is 12.7 Å². The summed E-state index contributed by atoms with van der Waals surface area (Å²) < 4.78 is 11.1. The number of aliphatic hydroxyl groups is 1. The number of benzene rings is 1. The van der Waals surface area contributed by atoms with E-state index in [9.17, 15) is 0 Å². The molecule has 1 aromatic rings. The molecule has 16 heavy (non-hydrogen) atoms. The minimum absolute atomic E-state index is 0.0680. The predicted octanol–water partition coefficient (Wildman–Crippen LogP) is 2.39. The van der Waals surface area contributed by atoms with Gasteiger partial charge in [-0.25, -0.2) is 0 Å². The van der Waals surface area contributed by atoms with Gasteiger partial charge in [0.05, 0.1) is 12.7 Å². The molecule has 4 heteroatoms. The molecule has 1 heterocycles. The van der Waals surface area contributed by atoms with Crippen LogP contribution < -0.4 is 4.74 Å². The number of hydrogen-bond donors (Lipinski definition) is 1. The minimum Gasteiger partial charge on any atom is -0.491 e. The van der Waals surface area contributed by atoms with E-state index in [4.69, 9.17) is 26.2 Å². The third kappa shape index (κ3) is 2.88. The van der Waals surface area contributed by atoms with Crippen molar-refractivity contribution in [2.45, 2.75) is 25.6 Å². The number of aliphatic hydroxyl groups excluding tert-OH is 1. The first-order valence-electron chi connectivity index (χ1n) is 5.43. The monoisotopic (exact) mass is 242 g/mol.